The number of carbonyl (C=O) groups excluding carboxylic acids is 3. The van der Waals surface area contributed by atoms with Gasteiger partial charge in [0.15, 0.2) is 0 Å². The summed E-state index contributed by atoms with van der Waals surface area (Å²) in [6, 6.07) is 0. The van der Waals surface area contributed by atoms with Gasteiger partial charge in [-0.15, -0.1) is 11.8 Å². The molecule has 0 unspecified atom stereocenters. The second-order valence-corrected chi connectivity index (χ2v) is 6.77. The molecule has 0 radical (unpaired) electrons. The highest BCUT2D eigenvalue weighted by Gasteiger charge is 2.29. The Labute approximate surface area is 138 Å². The van der Waals surface area contributed by atoms with Gasteiger partial charge in [-0.2, -0.15) is 0 Å². The number of likely N-dealkylation sites (tertiary alicyclic amines) is 1. The van der Waals surface area contributed by atoms with Gasteiger partial charge in [-0.25, -0.2) is 0 Å². The van der Waals surface area contributed by atoms with Crippen LogP contribution in [0.2, 0.25) is 0 Å². The Hall–Kier alpha value is -1.77. The lowest BCUT2D eigenvalue weighted by Gasteiger charge is -2.31. The van der Waals surface area contributed by atoms with Gasteiger partial charge in [0.1, 0.15) is 6.54 Å². The molecule has 0 saturated carbocycles. The fourth-order valence-corrected chi connectivity index (χ4v) is 3.50. The van der Waals surface area contributed by atoms with Crippen LogP contribution < -0.4 is 0 Å². The molecule has 2 rings (SSSR count). The summed E-state index contributed by atoms with van der Waals surface area (Å²) in [5.41, 5.74) is 0. The molecule has 128 valence electrons. The highest BCUT2D eigenvalue weighted by molar-refractivity contribution is 8.00. The van der Waals surface area contributed by atoms with Crippen LogP contribution in [0.5, 0.6) is 0 Å². The zero-order chi connectivity index (χ0) is 17.0. The molecule has 23 heavy (non-hydrogen) atoms. The van der Waals surface area contributed by atoms with Gasteiger partial charge >= 0.3 is 5.97 Å². The molecule has 1 N–H and O–H groups in total. The number of piperidine rings is 1. The SMILES string of the molecule is CN(CC(=O)N1CCC(C(=O)O)CC1)C(=O)CN1CSCC1=O. The Morgan fingerprint density at radius 3 is 2.48 bits per heavy atom. The van der Waals surface area contributed by atoms with Crippen LogP contribution in [0.15, 0.2) is 0 Å². The second kappa shape index (κ2) is 7.67. The molecule has 2 heterocycles. The number of amides is 3. The van der Waals surface area contributed by atoms with E-state index in [1.807, 2.05) is 0 Å². The lowest BCUT2D eigenvalue weighted by atomic mass is 9.97. The normalized spacial score (nSPS) is 19.1. The topological polar surface area (TPSA) is 98.2 Å². The highest BCUT2D eigenvalue weighted by atomic mass is 32.2. The average Bonchev–Trinajstić information content (AvgIpc) is 2.92. The molecule has 0 aromatic carbocycles. The second-order valence-electron chi connectivity index (χ2n) is 5.81. The number of rotatable bonds is 5. The van der Waals surface area contributed by atoms with Gasteiger partial charge < -0.3 is 19.8 Å². The fourth-order valence-electron chi connectivity index (χ4n) is 2.59. The van der Waals surface area contributed by atoms with E-state index in [-0.39, 0.29) is 30.8 Å². The van der Waals surface area contributed by atoms with Crippen LogP contribution in [-0.4, -0.2) is 88.4 Å². The fraction of sp³-hybridized carbons (Fsp3) is 0.714. The zero-order valence-corrected chi connectivity index (χ0v) is 13.9. The molecule has 0 bridgehead atoms. The smallest absolute Gasteiger partial charge is 0.306 e. The van der Waals surface area contributed by atoms with Crippen molar-refractivity contribution < 1.29 is 24.3 Å². The van der Waals surface area contributed by atoms with E-state index in [9.17, 15) is 19.2 Å². The minimum absolute atomic E-state index is 0.00327. The molecule has 2 saturated heterocycles. The van der Waals surface area contributed by atoms with E-state index < -0.39 is 11.9 Å². The van der Waals surface area contributed by atoms with E-state index in [2.05, 4.69) is 0 Å². The number of carboxylic acids is 1. The van der Waals surface area contributed by atoms with Crippen LogP contribution in [0.1, 0.15) is 12.8 Å². The summed E-state index contributed by atoms with van der Waals surface area (Å²) >= 11 is 1.47. The molecule has 2 aliphatic rings. The molecular weight excluding hydrogens is 322 g/mol. The average molecular weight is 343 g/mol. The first kappa shape index (κ1) is 17.6. The Bertz CT molecular complexity index is 505. The minimum Gasteiger partial charge on any atom is -0.481 e. The summed E-state index contributed by atoms with van der Waals surface area (Å²) in [6.07, 6.45) is 0.885. The summed E-state index contributed by atoms with van der Waals surface area (Å²) in [7, 11) is 1.54. The number of hydrogen-bond donors (Lipinski definition) is 1. The van der Waals surface area contributed by atoms with Gasteiger partial charge in [-0.05, 0) is 12.8 Å². The van der Waals surface area contributed by atoms with Crippen LogP contribution in [0.4, 0.5) is 0 Å². The molecular formula is C14H21N3O5S. The van der Waals surface area contributed by atoms with E-state index in [0.717, 1.165) is 0 Å². The van der Waals surface area contributed by atoms with Gasteiger partial charge in [0.2, 0.25) is 17.7 Å². The van der Waals surface area contributed by atoms with Gasteiger partial charge in [0, 0.05) is 20.1 Å². The molecule has 3 amide bonds. The summed E-state index contributed by atoms with van der Waals surface area (Å²) < 4.78 is 0. The quantitative estimate of drug-likeness (QED) is 0.709. The Balaban J connectivity index is 1.77. The lowest BCUT2D eigenvalue weighted by molar-refractivity contribution is -0.147. The van der Waals surface area contributed by atoms with Crippen molar-refractivity contribution in [3.63, 3.8) is 0 Å². The predicted octanol–water partition coefficient (Wildman–Crippen LogP) is -0.699. The lowest BCUT2D eigenvalue weighted by Crippen LogP contribution is -2.47. The standard InChI is InChI=1S/C14H21N3O5S/c1-15(11(18)7-17-9-23-8-13(17)20)6-12(19)16-4-2-10(3-5-16)14(21)22/h10H,2-9H2,1H3,(H,21,22). The number of aliphatic carboxylic acids is 1. The maximum atomic E-state index is 12.2. The van der Waals surface area contributed by atoms with Crippen LogP contribution in [0.25, 0.3) is 0 Å². The van der Waals surface area contributed by atoms with Crippen LogP contribution in [0, 0.1) is 5.92 Å². The van der Waals surface area contributed by atoms with Crippen LogP contribution in [-0.2, 0) is 19.2 Å². The Morgan fingerprint density at radius 2 is 1.96 bits per heavy atom. The van der Waals surface area contributed by atoms with E-state index in [4.69, 9.17) is 5.11 Å². The minimum atomic E-state index is -0.822. The third-order valence-corrected chi connectivity index (χ3v) is 5.09. The number of carboxylic acid groups (broad SMARTS) is 1. The van der Waals surface area contributed by atoms with Crippen molar-refractivity contribution >= 4 is 35.5 Å². The molecule has 0 aromatic rings. The Morgan fingerprint density at radius 1 is 1.30 bits per heavy atom. The van der Waals surface area contributed by atoms with E-state index in [1.54, 1.807) is 4.90 Å². The van der Waals surface area contributed by atoms with Gasteiger partial charge in [-0.1, -0.05) is 0 Å². The highest BCUT2D eigenvalue weighted by Crippen LogP contribution is 2.18. The number of nitrogens with zero attached hydrogens (tertiary/aromatic N) is 3. The first-order chi connectivity index (χ1) is 10.9. The molecule has 9 heteroatoms. The summed E-state index contributed by atoms with van der Waals surface area (Å²) in [6.45, 7) is 0.751. The van der Waals surface area contributed by atoms with Crippen molar-refractivity contribution in [2.24, 2.45) is 5.92 Å². The first-order valence-electron chi connectivity index (χ1n) is 7.48. The van der Waals surface area contributed by atoms with Gasteiger partial charge in [0.25, 0.3) is 0 Å². The third kappa shape index (κ3) is 4.60. The molecule has 0 spiro atoms. The predicted molar refractivity (Wildman–Crippen MR) is 83.6 cm³/mol. The van der Waals surface area contributed by atoms with Crippen molar-refractivity contribution in [2.45, 2.75) is 12.8 Å². The van der Waals surface area contributed by atoms with Crippen molar-refractivity contribution in [1.82, 2.24) is 14.7 Å². The summed E-state index contributed by atoms with van der Waals surface area (Å²) in [5.74, 6) is -0.821. The summed E-state index contributed by atoms with van der Waals surface area (Å²) in [5, 5.41) is 8.95. The largest absolute Gasteiger partial charge is 0.481 e. The van der Waals surface area contributed by atoms with Crippen LogP contribution in [0.3, 0.4) is 0 Å². The maximum Gasteiger partial charge on any atom is 0.306 e. The number of hydrogen-bond acceptors (Lipinski definition) is 5. The van der Waals surface area contributed by atoms with E-state index >= 15 is 0 Å². The van der Waals surface area contributed by atoms with Crippen molar-refractivity contribution in [3.05, 3.63) is 0 Å². The number of carbonyl (C=O) groups is 4. The van der Waals surface area contributed by atoms with Crippen LogP contribution >= 0.6 is 11.8 Å². The Kier molecular flexibility index (Phi) is 5.86. The molecule has 8 nitrogen and oxygen atoms in total. The monoisotopic (exact) mass is 343 g/mol. The number of likely N-dealkylation sites (N-methyl/N-ethyl adjacent to an activating group) is 1. The third-order valence-electron chi connectivity index (χ3n) is 4.15. The van der Waals surface area contributed by atoms with E-state index in [0.29, 0.717) is 37.6 Å². The molecule has 0 aromatic heterocycles. The summed E-state index contributed by atoms with van der Waals surface area (Å²) in [4.78, 5) is 51.1. The van der Waals surface area contributed by atoms with Crippen molar-refractivity contribution in [1.29, 1.82) is 0 Å². The molecule has 2 fully saturated rings. The zero-order valence-electron chi connectivity index (χ0n) is 13.1. The van der Waals surface area contributed by atoms with Gasteiger partial charge in [-0.3, -0.25) is 19.2 Å². The van der Waals surface area contributed by atoms with Crippen molar-refractivity contribution in [2.75, 3.05) is 44.9 Å². The maximum absolute atomic E-state index is 12.2. The van der Waals surface area contributed by atoms with E-state index in [1.165, 1.54) is 28.6 Å². The van der Waals surface area contributed by atoms with Gasteiger partial charge in [0.05, 0.1) is 24.1 Å². The molecule has 2 aliphatic heterocycles. The molecule has 0 atom stereocenters. The number of thioether (sulfide) groups is 1. The van der Waals surface area contributed by atoms with Crippen molar-refractivity contribution in [3.8, 4) is 0 Å². The first-order valence-corrected chi connectivity index (χ1v) is 8.64. The molecule has 0 aliphatic carbocycles.